The molecule has 0 saturated heterocycles. The fourth-order valence-corrected chi connectivity index (χ4v) is 1.63. The lowest BCUT2D eigenvalue weighted by Crippen LogP contribution is -2.19. The van der Waals surface area contributed by atoms with E-state index in [1.165, 1.54) is 0 Å². The highest BCUT2D eigenvalue weighted by atomic mass is 35.5. The number of hydrogen-bond donors (Lipinski definition) is 3. The zero-order valence-electron chi connectivity index (χ0n) is 11.1. The molecule has 4 nitrogen and oxygen atoms in total. The summed E-state index contributed by atoms with van der Waals surface area (Å²) in [5.41, 5.74) is 1.88. The molecule has 2 aromatic rings. The highest BCUT2D eigenvalue weighted by molar-refractivity contribution is 7.80. The molecule has 0 fully saturated rings. The van der Waals surface area contributed by atoms with Gasteiger partial charge in [-0.05, 0) is 43.4 Å². The van der Waals surface area contributed by atoms with Crippen LogP contribution in [0, 0.1) is 6.92 Å². The minimum absolute atomic E-state index is 0.500. The normalized spacial score (nSPS) is 9.26. The minimum atomic E-state index is 0.500. The minimum Gasteiger partial charge on any atom is -0.332 e. The van der Waals surface area contributed by atoms with E-state index in [0.717, 1.165) is 17.1 Å². The Kier molecular flexibility index (Phi) is 6.32. The first kappa shape index (κ1) is 15.5. The maximum Gasteiger partial charge on any atom is 0.176 e. The van der Waals surface area contributed by atoms with Crippen molar-refractivity contribution in [1.29, 1.82) is 0 Å². The van der Waals surface area contributed by atoms with Crippen LogP contribution in [-0.2, 0) is 0 Å². The smallest absolute Gasteiger partial charge is 0.176 e. The molecule has 0 atom stereocenters. The Morgan fingerprint density at radius 3 is 2.37 bits per heavy atom. The average molecular weight is 297 g/mol. The van der Waals surface area contributed by atoms with Crippen LogP contribution >= 0.6 is 23.8 Å². The van der Waals surface area contributed by atoms with Crippen LogP contribution in [0.2, 0.25) is 5.02 Å². The molecule has 6 heteroatoms. The molecule has 1 heterocycles. The summed E-state index contributed by atoms with van der Waals surface area (Å²) in [6, 6.07) is 7.31. The summed E-state index contributed by atoms with van der Waals surface area (Å²) in [5.74, 6) is 0.788. The third-order valence-electron chi connectivity index (χ3n) is 2.17. The van der Waals surface area contributed by atoms with Crippen molar-refractivity contribution in [3.8, 4) is 0 Å². The van der Waals surface area contributed by atoms with Gasteiger partial charge in [-0.15, -0.1) is 0 Å². The Morgan fingerprint density at radius 1 is 1.21 bits per heavy atom. The van der Waals surface area contributed by atoms with Crippen molar-refractivity contribution in [3.05, 3.63) is 41.0 Å². The van der Waals surface area contributed by atoms with Gasteiger partial charge in [0.25, 0.3) is 0 Å². The second-order valence-corrected chi connectivity index (χ2v) is 4.36. The van der Waals surface area contributed by atoms with Crippen molar-refractivity contribution in [1.82, 2.24) is 10.2 Å². The molecular weight excluding hydrogens is 280 g/mol. The van der Waals surface area contributed by atoms with Crippen molar-refractivity contribution in [2.75, 3.05) is 10.6 Å². The topological polar surface area (TPSA) is 52.7 Å². The van der Waals surface area contributed by atoms with Gasteiger partial charge >= 0.3 is 0 Å². The Bertz CT molecular complexity index is 522. The Hall–Kier alpha value is -1.59. The molecule has 0 spiro atoms. The zero-order chi connectivity index (χ0) is 14.3. The molecule has 0 amide bonds. The van der Waals surface area contributed by atoms with Crippen molar-refractivity contribution in [3.63, 3.8) is 0 Å². The number of rotatable bonds is 2. The number of nitrogens with zero attached hydrogens (tertiary/aromatic N) is 1. The van der Waals surface area contributed by atoms with E-state index >= 15 is 0 Å². The van der Waals surface area contributed by atoms with Crippen LogP contribution in [0.5, 0.6) is 0 Å². The maximum absolute atomic E-state index is 5.79. The summed E-state index contributed by atoms with van der Waals surface area (Å²) in [4.78, 5) is 0. The lowest BCUT2D eigenvalue weighted by Gasteiger charge is -2.09. The van der Waals surface area contributed by atoms with E-state index in [4.69, 9.17) is 23.8 Å². The number of aromatic nitrogens is 2. The lowest BCUT2D eigenvalue weighted by atomic mass is 10.3. The first-order valence-corrected chi connectivity index (χ1v) is 6.77. The molecular formula is C13H17ClN4S. The van der Waals surface area contributed by atoms with Crippen LogP contribution in [-0.4, -0.2) is 15.3 Å². The molecule has 3 N–H and O–H groups in total. The molecule has 2 rings (SSSR count). The van der Waals surface area contributed by atoms with Crippen molar-refractivity contribution >= 4 is 40.4 Å². The highest BCUT2D eigenvalue weighted by Crippen LogP contribution is 2.14. The zero-order valence-corrected chi connectivity index (χ0v) is 12.7. The van der Waals surface area contributed by atoms with E-state index in [0.29, 0.717) is 10.1 Å². The summed E-state index contributed by atoms with van der Waals surface area (Å²) >= 11 is 11.0. The molecule has 0 bridgehead atoms. The standard InChI is InChI=1S/C11H11ClN4S.C2H6/c1-7-6-13-16-10(7)15-11(17)14-9-4-2-8(12)3-5-9;1-2/h2-6H,1H3,(H3,13,14,15,16,17);1-2H3. The molecule has 102 valence electrons. The van der Waals surface area contributed by atoms with Crippen molar-refractivity contribution < 1.29 is 0 Å². The molecule has 0 unspecified atom stereocenters. The predicted molar refractivity (Wildman–Crippen MR) is 86.0 cm³/mol. The van der Waals surface area contributed by atoms with Gasteiger partial charge in [0, 0.05) is 16.3 Å². The summed E-state index contributed by atoms with van der Waals surface area (Å²) < 4.78 is 0. The molecule has 0 saturated carbocycles. The van der Waals surface area contributed by atoms with Crippen LogP contribution in [0.1, 0.15) is 19.4 Å². The van der Waals surface area contributed by atoms with E-state index in [2.05, 4.69) is 20.8 Å². The van der Waals surface area contributed by atoms with Crippen molar-refractivity contribution in [2.24, 2.45) is 0 Å². The van der Waals surface area contributed by atoms with Gasteiger partial charge in [0.05, 0.1) is 6.20 Å². The van der Waals surface area contributed by atoms with Crippen LogP contribution in [0.3, 0.4) is 0 Å². The molecule has 19 heavy (non-hydrogen) atoms. The fraction of sp³-hybridized carbons (Fsp3) is 0.231. The van der Waals surface area contributed by atoms with Gasteiger partial charge in [0.15, 0.2) is 5.11 Å². The summed E-state index contributed by atoms with van der Waals surface area (Å²) in [5, 5.41) is 14.0. The quantitative estimate of drug-likeness (QED) is 0.727. The largest absolute Gasteiger partial charge is 0.332 e. The van der Waals surface area contributed by atoms with E-state index in [9.17, 15) is 0 Å². The number of nitrogens with one attached hydrogen (secondary N) is 3. The Morgan fingerprint density at radius 2 is 1.84 bits per heavy atom. The number of anilines is 2. The number of thiocarbonyl (C=S) groups is 1. The number of aryl methyl sites for hydroxylation is 1. The number of halogens is 1. The van der Waals surface area contributed by atoms with Crippen LogP contribution < -0.4 is 10.6 Å². The Labute approximate surface area is 123 Å². The van der Waals surface area contributed by atoms with E-state index in [-0.39, 0.29) is 0 Å². The molecule has 1 aromatic heterocycles. The molecule has 0 aliphatic heterocycles. The van der Waals surface area contributed by atoms with Gasteiger partial charge in [0.1, 0.15) is 5.82 Å². The van der Waals surface area contributed by atoms with Crippen molar-refractivity contribution in [2.45, 2.75) is 20.8 Å². The second kappa shape index (κ2) is 7.76. The predicted octanol–water partition coefficient (Wildman–Crippen LogP) is 4.21. The molecule has 0 aliphatic rings. The van der Waals surface area contributed by atoms with E-state index < -0.39 is 0 Å². The fourth-order valence-electron chi connectivity index (χ4n) is 1.28. The summed E-state index contributed by atoms with van der Waals surface area (Å²) in [6.07, 6.45) is 1.73. The van der Waals surface area contributed by atoms with E-state index in [1.807, 2.05) is 32.9 Å². The Balaban J connectivity index is 0.000000861. The van der Waals surface area contributed by atoms with E-state index in [1.54, 1.807) is 18.3 Å². The molecule has 0 aliphatic carbocycles. The SMILES string of the molecule is CC.Cc1cn[nH]c1NC(=S)Nc1ccc(Cl)cc1. The number of hydrogen-bond acceptors (Lipinski definition) is 2. The van der Waals surface area contributed by atoms with Gasteiger partial charge in [-0.25, -0.2) is 0 Å². The molecule has 1 aromatic carbocycles. The number of benzene rings is 1. The van der Waals surface area contributed by atoms with Crippen LogP contribution in [0.25, 0.3) is 0 Å². The second-order valence-electron chi connectivity index (χ2n) is 3.51. The summed E-state index contributed by atoms with van der Waals surface area (Å²) in [6.45, 7) is 5.94. The highest BCUT2D eigenvalue weighted by Gasteiger charge is 2.02. The van der Waals surface area contributed by atoms with Crippen LogP contribution in [0.15, 0.2) is 30.5 Å². The van der Waals surface area contributed by atoms with Gasteiger partial charge in [-0.1, -0.05) is 25.4 Å². The third kappa shape index (κ3) is 4.89. The number of aromatic amines is 1. The lowest BCUT2D eigenvalue weighted by molar-refractivity contribution is 1.10. The van der Waals surface area contributed by atoms with Gasteiger partial charge in [-0.3, -0.25) is 5.10 Å². The van der Waals surface area contributed by atoms with Gasteiger partial charge in [0.2, 0.25) is 0 Å². The monoisotopic (exact) mass is 296 g/mol. The van der Waals surface area contributed by atoms with Gasteiger partial charge < -0.3 is 10.6 Å². The van der Waals surface area contributed by atoms with Gasteiger partial charge in [-0.2, -0.15) is 5.10 Å². The summed E-state index contributed by atoms with van der Waals surface area (Å²) in [7, 11) is 0. The maximum atomic E-state index is 5.79. The average Bonchev–Trinajstić information content (AvgIpc) is 2.80. The first-order valence-electron chi connectivity index (χ1n) is 5.98. The number of H-pyrrole nitrogens is 1. The molecule has 0 radical (unpaired) electrons. The third-order valence-corrected chi connectivity index (χ3v) is 2.63. The first-order chi connectivity index (χ1) is 9.15. The van der Waals surface area contributed by atoms with Crippen LogP contribution in [0.4, 0.5) is 11.5 Å².